The predicted octanol–water partition coefficient (Wildman–Crippen LogP) is 2.02. The molecule has 0 radical (unpaired) electrons. The van der Waals surface area contributed by atoms with Gasteiger partial charge < -0.3 is 4.74 Å². The molecule has 0 aliphatic heterocycles. The predicted molar refractivity (Wildman–Crippen MR) is 47.3 cm³/mol. The van der Waals surface area contributed by atoms with Gasteiger partial charge in [0.2, 0.25) is 0 Å². The third-order valence-corrected chi connectivity index (χ3v) is 1.64. The Bertz CT molecular complexity index is 268. The highest BCUT2D eigenvalue weighted by atomic mass is 35.5. The van der Waals surface area contributed by atoms with E-state index < -0.39 is 0 Å². The van der Waals surface area contributed by atoms with Crippen molar-refractivity contribution in [3.05, 3.63) is 22.7 Å². The maximum absolute atomic E-state index is 5.70. The van der Waals surface area contributed by atoms with Gasteiger partial charge in [-0.3, -0.25) is 0 Å². The molecule has 0 atom stereocenters. The Hall–Kier alpha value is -0.380. The van der Waals surface area contributed by atoms with E-state index in [9.17, 15) is 0 Å². The van der Waals surface area contributed by atoms with Gasteiger partial charge in [-0.1, -0.05) is 11.6 Å². The van der Waals surface area contributed by atoms with E-state index in [1.54, 1.807) is 13.2 Å². The summed E-state index contributed by atoms with van der Waals surface area (Å²) in [7, 11) is 1.59. The fourth-order valence-corrected chi connectivity index (χ4v) is 1.14. The van der Waals surface area contributed by atoms with Crippen molar-refractivity contribution in [1.29, 1.82) is 0 Å². The molecule has 0 fully saturated rings. The Morgan fingerprint density at radius 3 is 2.83 bits per heavy atom. The second kappa shape index (κ2) is 4.60. The van der Waals surface area contributed by atoms with E-state index in [4.69, 9.17) is 27.9 Å². The Morgan fingerprint density at radius 2 is 2.25 bits per heavy atom. The Balaban J connectivity index is 2.90. The molecule has 5 heteroatoms. The van der Waals surface area contributed by atoms with E-state index in [1.165, 1.54) is 0 Å². The van der Waals surface area contributed by atoms with Gasteiger partial charge in [-0.2, -0.15) is 0 Å². The lowest BCUT2D eigenvalue weighted by molar-refractivity contribution is 0.181. The maximum atomic E-state index is 5.70. The van der Waals surface area contributed by atoms with Crippen molar-refractivity contribution >= 4 is 23.2 Å². The summed E-state index contributed by atoms with van der Waals surface area (Å²) in [5.74, 6) is 0.785. The van der Waals surface area contributed by atoms with E-state index in [1.807, 2.05) is 0 Å². The zero-order valence-electron chi connectivity index (χ0n) is 6.55. The molecule has 1 aromatic rings. The second-order valence-electron chi connectivity index (χ2n) is 2.16. The highest BCUT2D eigenvalue weighted by Gasteiger charge is 2.01. The first-order chi connectivity index (χ1) is 5.76. The highest BCUT2D eigenvalue weighted by Crippen LogP contribution is 2.09. The third-order valence-electron chi connectivity index (χ3n) is 1.21. The van der Waals surface area contributed by atoms with Crippen LogP contribution in [0, 0.1) is 0 Å². The molecule has 66 valence electrons. The Morgan fingerprint density at radius 1 is 1.50 bits per heavy atom. The number of rotatable bonds is 3. The summed E-state index contributed by atoms with van der Waals surface area (Å²) in [6, 6.07) is 1.65. The van der Waals surface area contributed by atoms with Crippen LogP contribution in [0.1, 0.15) is 11.5 Å². The number of halogens is 2. The minimum atomic E-state index is 0.261. The molecule has 0 aromatic carbocycles. The van der Waals surface area contributed by atoms with Crippen LogP contribution in [-0.4, -0.2) is 17.1 Å². The standard InChI is InChI=1S/C7H8Cl2N2O/c1-12-4-5-2-6(9)11-7(3-8)10-5/h2H,3-4H2,1H3. The van der Waals surface area contributed by atoms with Crippen LogP contribution in [0.2, 0.25) is 5.15 Å². The fraction of sp³-hybridized carbons (Fsp3) is 0.429. The minimum absolute atomic E-state index is 0.261. The first-order valence-electron chi connectivity index (χ1n) is 3.33. The van der Waals surface area contributed by atoms with E-state index in [2.05, 4.69) is 9.97 Å². The van der Waals surface area contributed by atoms with Gasteiger partial charge in [-0.15, -0.1) is 11.6 Å². The Labute approximate surface area is 80.7 Å². The van der Waals surface area contributed by atoms with Crippen LogP contribution < -0.4 is 0 Å². The van der Waals surface area contributed by atoms with Crippen molar-refractivity contribution in [1.82, 2.24) is 9.97 Å². The normalized spacial score (nSPS) is 10.2. The number of hydrogen-bond donors (Lipinski definition) is 0. The number of aromatic nitrogens is 2. The van der Waals surface area contributed by atoms with E-state index >= 15 is 0 Å². The monoisotopic (exact) mass is 206 g/mol. The van der Waals surface area contributed by atoms with Gasteiger partial charge in [0.25, 0.3) is 0 Å². The molecule has 3 nitrogen and oxygen atoms in total. The summed E-state index contributed by atoms with van der Waals surface area (Å²) in [5, 5.41) is 0.396. The summed E-state index contributed by atoms with van der Waals surface area (Å²) in [6.07, 6.45) is 0. The summed E-state index contributed by atoms with van der Waals surface area (Å²) in [5.41, 5.74) is 0.744. The number of alkyl halides is 1. The molecule has 1 rings (SSSR count). The van der Waals surface area contributed by atoms with Gasteiger partial charge in [0.05, 0.1) is 18.2 Å². The van der Waals surface area contributed by atoms with Crippen LogP contribution in [0.3, 0.4) is 0 Å². The average Bonchev–Trinajstić information content (AvgIpc) is 2.04. The zero-order chi connectivity index (χ0) is 8.97. The van der Waals surface area contributed by atoms with Crippen LogP contribution in [0.25, 0.3) is 0 Å². The van der Waals surface area contributed by atoms with Gasteiger partial charge in [0.1, 0.15) is 11.0 Å². The molecule has 0 bridgehead atoms. The molecule has 0 amide bonds. The van der Waals surface area contributed by atoms with Crippen molar-refractivity contribution in [2.45, 2.75) is 12.5 Å². The Kier molecular flexibility index (Phi) is 3.72. The van der Waals surface area contributed by atoms with Gasteiger partial charge in [0, 0.05) is 7.11 Å². The molecule has 0 saturated carbocycles. The average molecular weight is 207 g/mol. The van der Waals surface area contributed by atoms with Gasteiger partial charge in [0.15, 0.2) is 0 Å². The van der Waals surface area contributed by atoms with Gasteiger partial charge >= 0.3 is 0 Å². The minimum Gasteiger partial charge on any atom is -0.378 e. The molecule has 0 aliphatic rings. The van der Waals surface area contributed by atoms with E-state index in [0.29, 0.717) is 17.6 Å². The number of nitrogens with zero attached hydrogens (tertiary/aromatic N) is 2. The SMILES string of the molecule is COCc1cc(Cl)nc(CCl)n1. The first kappa shape index (κ1) is 9.71. The summed E-state index contributed by atoms with van der Waals surface area (Å²) >= 11 is 11.2. The van der Waals surface area contributed by atoms with Crippen molar-refractivity contribution < 1.29 is 4.74 Å². The lowest BCUT2D eigenvalue weighted by Gasteiger charge is -2.01. The van der Waals surface area contributed by atoms with E-state index in [-0.39, 0.29) is 5.88 Å². The maximum Gasteiger partial charge on any atom is 0.145 e. The van der Waals surface area contributed by atoms with Gasteiger partial charge in [-0.25, -0.2) is 9.97 Å². The molecule has 0 N–H and O–H groups in total. The van der Waals surface area contributed by atoms with Crippen molar-refractivity contribution in [3.8, 4) is 0 Å². The largest absolute Gasteiger partial charge is 0.378 e. The summed E-state index contributed by atoms with van der Waals surface area (Å²) < 4.78 is 4.89. The highest BCUT2D eigenvalue weighted by molar-refractivity contribution is 6.29. The van der Waals surface area contributed by atoms with E-state index in [0.717, 1.165) is 5.69 Å². The number of methoxy groups -OCH3 is 1. The molecule has 0 spiro atoms. The summed E-state index contributed by atoms with van der Waals surface area (Å²) in [6.45, 7) is 0.423. The van der Waals surface area contributed by atoms with Crippen LogP contribution in [-0.2, 0) is 17.2 Å². The lowest BCUT2D eigenvalue weighted by Crippen LogP contribution is -1.98. The summed E-state index contributed by atoms with van der Waals surface area (Å²) in [4.78, 5) is 7.99. The quantitative estimate of drug-likeness (QED) is 0.561. The molecular formula is C7H8Cl2N2O. The zero-order valence-corrected chi connectivity index (χ0v) is 8.06. The van der Waals surface area contributed by atoms with Crippen LogP contribution >= 0.6 is 23.2 Å². The lowest BCUT2D eigenvalue weighted by atomic mass is 10.4. The van der Waals surface area contributed by atoms with Crippen molar-refractivity contribution in [2.24, 2.45) is 0 Å². The molecule has 0 saturated heterocycles. The van der Waals surface area contributed by atoms with Crippen LogP contribution in [0.15, 0.2) is 6.07 Å². The molecular weight excluding hydrogens is 199 g/mol. The fourth-order valence-electron chi connectivity index (χ4n) is 0.798. The smallest absolute Gasteiger partial charge is 0.145 e. The number of hydrogen-bond acceptors (Lipinski definition) is 3. The topological polar surface area (TPSA) is 35.0 Å². The van der Waals surface area contributed by atoms with Crippen molar-refractivity contribution in [2.75, 3.05) is 7.11 Å². The molecule has 1 heterocycles. The van der Waals surface area contributed by atoms with Crippen molar-refractivity contribution in [3.63, 3.8) is 0 Å². The van der Waals surface area contributed by atoms with Gasteiger partial charge in [-0.05, 0) is 6.07 Å². The molecule has 12 heavy (non-hydrogen) atoms. The molecule has 0 unspecified atom stereocenters. The first-order valence-corrected chi connectivity index (χ1v) is 4.24. The number of ether oxygens (including phenoxy) is 1. The van der Waals surface area contributed by atoms with Crippen LogP contribution in [0.5, 0.6) is 0 Å². The second-order valence-corrected chi connectivity index (χ2v) is 2.82. The third kappa shape index (κ3) is 2.59. The molecule has 1 aromatic heterocycles. The molecule has 0 aliphatic carbocycles. The van der Waals surface area contributed by atoms with Crippen LogP contribution in [0.4, 0.5) is 0 Å².